The third-order valence-corrected chi connectivity index (χ3v) is 5.10. The summed E-state index contributed by atoms with van der Waals surface area (Å²) in [4.78, 5) is 19.0. The van der Waals surface area contributed by atoms with Gasteiger partial charge in [-0.25, -0.2) is 0 Å². The number of rotatable bonds is 5. The Morgan fingerprint density at radius 3 is 2.79 bits per heavy atom. The Bertz CT molecular complexity index is 996. The highest BCUT2D eigenvalue weighted by molar-refractivity contribution is 5.96. The molecular weight excluding hydrogens is 354 g/mol. The molecule has 1 fully saturated rings. The van der Waals surface area contributed by atoms with Gasteiger partial charge in [0.25, 0.3) is 5.89 Å². The maximum absolute atomic E-state index is 12.6. The molecule has 6 nitrogen and oxygen atoms in total. The maximum Gasteiger partial charge on any atom is 0.258 e. The molecule has 1 aliphatic rings. The highest BCUT2D eigenvalue weighted by Gasteiger charge is 2.34. The zero-order valence-corrected chi connectivity index (χ0v) is 16.3. The summed E-state index contributed by atoms with van der Waals surface area (Å²) in [7, 11) is 1.62. The third kappa shape index (κ3) is 3.50. The fourth-order valence-electron chi connectivity index (χ4n) is 3.46. The summed E-state index contributed by atoms with van der Waals surface area (Å²) >= 11 is 0. The second-order valence-corrected chi connectivity index (χ2v) is 7.34. The number of hydrogen-bond acceptors (Lipinski definition) is 5. The number of amides is 1. The second-order valence-electron chi connectivity index (χ2n) is 7.34. The molecular formula is C22H23N3O3. The Morgan fingerprint density at radius 2 is 2.00 bits per heavy atom. The summed E-state index contributed by atoms with van der Waals surface area (Å²) in [6.07, 6.45) is 0.378. The Balaban J connectivity index is 1.55. The third-order valence-electron chi connectivity index (χ3n) is 5.10. The minimum atomic E-state index is -0.0849. The first-order valence-corrected chi connectivity index (χ1v) is 9.43. The average Bonchev–Trinajstić information content (AvgIpc) is 3.35. The van der Waals surface area contributed by atoms with E-state index in [0.29, 0.717) is 30.6 Å². The van der Waals surface area contributed by atoms with Crippen LogP contribution in [-0.4, -0.2) is 29.7 Å². The van der Waals surface area contributed by atoms with Gasteiger partial charge < -0.3 is 14.2 Å². The minimum Gasteiger partial charge on any atom is -0.497 e. The molecule has 0 radical (unpaired) electrons. The molecule has 1 amide bonds. The highest BCUT2D eigenvalue weighted by atomic mass is 16.5. The van der Waals surface area contributed by atoms with E-state index in [1.807, 2.05) is 41.3 Å². The van der Waals surface area contributed by atoms with E-state index in [9.17, 15) is 4.79 Å². The van der Waals surface area contributed by atoms with Crippen molar-refractivity contribution in [1.29, 1.82) is 0 Å². The first-order valence-electron chi connectivity index (χ1n) is 9.43. The van der Waals surface area contributed by atoms with Gasteiger partial charge >= 0.3 is 0 Å². The van der Waals surface area contributed by atoms with Gasteiger partial charge in [-0.05, 0) is 41.8 Å². The van der Waals surface area contributed by atoms with Gasteiger partial charge in [0.1, 0.15) is 5.75 Å². The molecule has 0 N–H and O–H groups in total. The van der Waals surface area contributed by atoms with Crippen molar-refractivity contribution in [3.63, 3.8) is 0 Å². The molecule has 1 atom stereocenters. The highest BCUT2D eigenvalue weighted by Crippen LogP contribution is 2.33. The SMILES string of the molecule is COc1cccc(-c2nc(C3CC(=O)N(c4cccc(C(C)C)c4)C3)no2)c1. The van der Waals surface area contributed by atoms with Gasteiger partial charge in [0.2, 0.25) is 5.91 Å². The molecule has 0 bridgehead atoms. The lowest BCUT2D eigenvalue weighted by molar-refractivity contribution is -0.117. The van der Waals surface area contributed by atoms with Crippen LogP contribution < -0.4 is 9.64 Å². The first-order chi connectivity index (χ1) is 13.5. The summed E-state index contributed by atoms with van der Waals surface area (Å²) in [6, 6.07) is 15.6. The molecule has 1 aromatic heterocycles. The van der Waals surface area contributed by atoms with E-state index in [4.69, 9.17) is 9.26 Å². The Kier molecular flexibility index (Phi) is 4.86. The first kappa shape index (κ1) is 18.2. The number of aromatic nitrogens is 2. The van der Waals surface area contributed by atoms with Crippen LogP contribution in [0.1, 0.15) is 43.5 Å². The number of methoxy groups -OCH3 is 1. The maximum atomic E-state index is 12.6. The van der Waals surface area contributed by atoms with Gasteiger partial charge in [0, 0.05) is 30.1 Å². The molecule has 1 saturated heterocycles. The van der Waals surface area contributed by atoms with Crippen LogP contribution >= 0.6 is 0 Å². The van der Waals surface area contributed by atoms with Crippen molar-refractivity contribution in [2.24, 2.45) is 0 Å². The number of anilines is 1. The van der Waals surface area contributed by atoms with Gasteiger partial charge in [-0.1, -0.05) is 37.2 Å². The molecule has 1 aliphatic heterocycles. The quantitative estimate of drug-likeness (QED) is 0.660. The largest absolute Gasteiger partial charge is 0.497 e. The minimum absolute atomic E-state index is 0.0821. The molecule has 2 aromatic carbocycles. The lowest BCUT2D eigenvalue weighted by Gasteiger charge is -2.18. The van der Waals surface area contributed by atoms with Crippen molar-refractivity contribution in [3.8, 4) is 17.2 Å². The average molecular weight is 377 g/mol. The van der Waals surface area contributed by atoms with Crippen LogP contribution in [0.4, 0.5) is 5.69 Å². The van der Waals surface area contributed by atoms with Crippen molar-refractivity contribution in [2.75, 3.05) is 18.6 Å². The number of benzene rings is 2. The molecule has 4 rings (SSSR count). The predicted molar refractivity (Wildman–Crippen MR) is 107 cm³/mol. The zero-order valence-electron chi connectivity index (χ0n) is 16.3. The van der Waals surface area contributed by atoms with E-state index in [0.717, 1.165) is 17.0 Å². The van der Waals surface area contributed by atoms with E-state index in [1.165, 1.54) is 5.56 Å². The summed E-state index contributed by atoms with van der Waals surface area (Å²) in [5.74, 6) is 2.13. The fraction of sp³-hybridized carbons (Fsp3) is 0.318. The number of carbonyl (C=O) groups is 1. The molecule has 144 valence electrons. The van der Waals surface area contributed by atoms with E-state index in [-0.39, 0.29) is 11.8 Å². The van der Waals surface area contributed by atoms with Crippen molar-refractivity contribution in [2.45, 2.75) is 32.1 Å². The molecule has 6 heteroatoms. The zero-order chi connectivity index (χ0) is 19.7. The number of nitrogens with zero attached hydrogens (tertiary/aromatic N) is 3. The Labute approximate surface area is 164 Å². The van der Waals surface area contributed by atoms with E-state index in [1.54, 1.807) is 7.11 Å². The number of hydrogen-bond donors (Lipinski definition) is 0. The molecule has 3 aromatic rings. The van der Waals surface area contributed by atoms with Crippen LogP contribution in [0.2, 0.25) is 0 Å². The monoisotopic (exact) mass is 377 g/mol. The number of carbonyl (C=O) groups excluding carboxylic acids is 1. The van der Waals surface area contributed by atoms with E-state index in [2.05, 4.69) is 36.1 Å². The van der Waals surface area contributed by atoms with Crippen LogP contribution in [-0.2, 0) is 4.79 Å². The normalized spacial score (nSPS) is 16.8. The van der Waals surface area contributed by atoms with Crippen molar-refractivity contribution < 1.29 is 14.1 Å². The van der Waals surface area contributed by atoms with Crippen LogP contribution in [0, 0.1) is 0 Å². The van der Waals surface area contributed by atoms with Crippen molar-refractivity contribution in [1.82, 2.24) is 10.1 Å². The lowest BCUT2D eigenvalue weighted by Crippen LogP contribution is -2.24. The fourth-order valence-corrected chi connectivity index (χ4v) is 3.46. The molecule has 0 spiro atoms. The Hall–Kier alpha value is -3.15. The van der Waals surface area contributed by atoms with Crippen LogP contribution in [0.25, 0.3) is 11.5 Å². The number of ether oxygens (including phenoxy) is 1. The molecule has 0 aliphatic carbocycles. The van der Waals surface area contributed by atoms with Crippen molar-refractivity contribution in [3.05, 3.63) is 59.9 Å². The molecule has 1 unspecified atom stereocenters. The van der Waals surface area contributed by atoms with Gasteiger partial charge in [-0.2, -0.15) is 4.98 Å². The molecule has 2 heterocycles. The summed E-state index contributed by atoms with van der Waals surface area (Å²) in [6.45, 7) is 4.84. The summed E-state index contributed by atoms with van der Waals surface area (Å²) in [5, 5.41) is 4.13. The van der Waals surface area contributed by atoms with Gasteiger partial charge in [0.15, 0.2) is 5.82 Å². The second kappa shape index (κ2) is 7.46. The predicted octanol–water partition coefficient (Wildman–Crippen LogP) is 4.39. The molecule has 0 saturated carbocycles. The van der Waals surface area contributed by atoms with Crippen LogP contribution in [0.3, 0.4) is 0 Å². The van der Waals surface area contributed by atoms with Crippen LogP contribution in [0.15, 0.2) is 53.1 Å². The van der Waals surface area contributed by atoms with Gasteiger partial charge in [0.05, 0.1) is 7.11 Å². The summed E-state index contributed by atoms with van der Waals surface area (Å²) in [5.41, 5.74) is 2.94. The van der Waals surface area contributed by atoms with E-state index >= 15 is 0 Å². The van der Waals surface area contributed by atoms with Crippen LogP contribution in [0.5, 0.6) is 5.75 Å². The van der Waals surface area contributed by atoms with E-state index < -0.39 is 0 Å². The molecule has 28 heavy (non-hydrogen) atoms. The summed E-state index contributed by atoms with van der Waals surface area (Å²) < 4.78 is 10.7. The smallest absolute Gasteiger partial charge is 0.258 e. The van der Waals surface area contributed by atoms with Crippen molar-refractivity contribution >= 4 is 11.6 Å². The standard InChI is InChI=1S/C22H23N3O3/c1-14(2)15-6-4-8-18(10-15)25-13-17(12-20(25)26)21-23-22(28-24-21)16-7-5-9-19(11-16)27-3/h4-11,14,17H,12-13H2,1-3H3. The lowest BCUT2D eigenvalue weighted by atomic mass is 10.0. The topological polar surface area (TPSA) is 68.5 Å². The van der Waals surface area contributed by atoms with Gasteiger partial charge in [-0.3, -0.25) is 4.79 Å². The van der Waals surface area contributed by atoms with Gasteiger partial charge in [-0.15, -0.1) is 0 Å². The Morgan fingerprint density at radius 1 is 1.18 bits per heavy atom.